The van der Waals surface area contributed by atoms with Crippen LogP contribution in [0.15, 0.2) is 59.5 Å². The van der Waals surface area contributed by atoms with E-state index in [4.69, 9.17) is 4.74 Å². The van der Waals surface area contributed by atoms with Crippen molar-refractivity contribution in [2.45, 2.75) is 37.6 Å². The zero-order valence-electron chi connectivity index (χ0n) is 14.3. The van der Waals surface area contributed by atoms with E-state index in [-0.39, 0.29) is 11.9 Å². The van der Waals surface area contributed by atoms with Crippen molar-refractivity contribution in [1.29, 1.82) is 0 Å². The second-order valence-corrected chi connectivity index (χ2v) is 6.69. The van der Waals surface area contributed by atoms with Crippen LogP contribution in [0.2, 0.25) is 0 Å². The number of benzene rings is 2. The van der Waals surface area contributed by atoms with Crippen LogP contribution < -0.4 is 10.1 Å². The number of ether oxygens (including phenoxy) is 1. The Morgan fingerprint density at radius 2 is 1.71 bits per heavy atom. The molecule has 2 rings (SSSR count). The summed E-state index contributed by atoms with van der Waals surface area (Å²) in [6, 6.07) is 17.9. The molecule has 4 heteroatoms. The molecule has 1 N–H and O–H groups in total. The molecule has 128 valence electrons. The number of hydrogen-bond donors (Lipinski definition) is 1. The van der Waals surface area contributed by atoms with Crippen molar-refractivity contribution in [2.75, 3.05) is 12.4 Å². The van der Waals surface area contributed by atoms with Crippen LogP contribution in [0.1, 0.15) is 37.0 Å². The number of carbonyl (C=O) groups is 1. The van der Waals surface area contributed by atoms with E-state index in [0.717, 1.165) is 24.3 Å². The third kappa shape index (κ3) is 5.93. The van der Waals surface area contributed by atoms with Gasteiger partial charge < -0.3 is 10.1 Å². The maximum Gasteiger partial charge on any atom is 0.251 e. The van der Waals surface area contributed by atoms with Crippen LogP contribution in [0.4, 0.5) is 0 Å². The average molecular weight is 343 g/mol. The Labute approximate surface area is 148 Å². The Hall–Kier alpha value is -1.94. The van der Waals surface area contributed by atoms with Crippen molar-refractivity contribution in [3.05, 3.63) is 60.2 Å². The molecular formula is C20H25NO2S. The standard InChI is InChI=1S/C20H25NO2S/c1-3-17(4-2)21-20(22)16-10-12-18(13-11-16)23-14-15-24-19-8-6-5-7-9-19/h5-13,17H,3-4,14-15H2,1-2H3,(H,21,22). The van der Waals surface area contributed by atoms with Crippen LogP contribution in [0.25, 0.3) is 0 Å². The zero-order valence-corrected chi connectivity index (χ0v) is 15.1. The molecule has 24 heavy (non-hydrogen) atoms. The quantitative estimate of drug-likeness (QED) is 0.526. The van der Waals surface area contributed by atoms with Crippen LogP contribution in [0.3, 0.4) is 0 Å². The molecule has 0 heterocycles. The second-order valence-electron chi connectivity index (χ2n) is 5.52. The maximum atomic E-state index is 12.1. The summed E-state index contributed by atoms with van der Waals surface area (Å²) in [7, 11) is 0. The molecule has 0 aliphatic rings. The van der Waals surface area contributed by atoms with Gasteiger partial charge in [0.05, 0.1) is 6.61 Å². The van der Waals surface area contributed by atoms with Gasteiger partial charge >= 0.3 is 0 Å². The molecule has 0 saturated heterocycles. The average Bonchev–Trinajstić information content (AvgIpc) is 2.64. The minimum Gasteiger partial charge on any atom is -0.493 e. The summed E-state index contributed by atoms with van der Waals surface area (Å²) in [6.07, 6.45) is 1.89. The molecule has 0 aromatic heterocycles. The van der Waals surface area contributed by atoms with E-state index in [0.29, 0.717) is 12.2 Å². The van der Waals surface area contributed by atoms with Crippen LogP contribution in [-0.4, -0.2) is 24.3 Å². The van der Waals surface area contributed by atoms with E-state index in [2.05, 4.69) is 31.3 Å². The first-order chi connectivity index (χ1) is 11.7. The van der Waals surface area contributed by atoms with Gasteiger partial charge in [0.25, 0.3) is 5.91 Å². The first kappa shape index (κ1) is 18.4. The molecule has 0 bridgehead atoms. The number of nitrogens with one attached hydrogen (secondary N) is 1. The molecular weight excluding hydrogens is 318 g/mol. The predicted octanol–water partition coefficient (Wildman–Crippen LogP) is 4.78. The Bertz CT molecular complexity index is 609. The minimum absolute atomic E-state index is 0.0186. The summed E-state index contributed by atoms with van der Waals surface area (Å²) in [5.74, 6) is 1.67. The summed E-state index contributed by atoms with van der Waals surface area (Å²) < 4.78 is 5.73. The second kappa shape index (κ2) is 10.0. The number of thioether (sulfide) groups is 1. The fourth-order valence-electron chi connectivity index (χ4n) is 2.30. The summed E-state index contributed by atoms with van der Waals surface area (Å²) in [4.78, 5) is 13.4. The van der Waals surface area contributed by atoms with E-state index in [1.807, 2.05) is 42.5 Å². The highest BCUT2D eigenvalue weighted by Gasteiger charge is 2.10. The van der Waals surface area contributed by atoms with Crippen molar-refractivity contribution in [2.24, 2.45) is 0 Å². The topological polar surface area (TPSA) is 38.3 Å². The van der Waals surface area contributed by atoms with Gasteiger partial charge in [0.2, 0.25) is 0 Å². The molecule has 0 aliphatic carbocycles. The van der Waals surface area contributed by atoms with Gasteiger partial charge in [0, 0.05) is 22.3 Å². The smallest absolute Gasteiger partial charge is 0.251 e. The van der Waals surface area contributed by atoms with Crippen molar-refractivity contribution in [3.63, 3.8) is 0 Å². The third-order valence-electron chi connectivity index (χ3n) is 3.80. The van der Waals surface area contributed by atoms with Gasteiger partial charge in [-0.25, -0.2) is 0 Å². The summed E-state index contributed by atoms with van der Waals surface area (Å²) in [6.45, 7) is 4.80. The monoisotopic (exact) mass is 343 g/mol. The first-order valence-electron chi connectivity index (χ1n) is 8.44. The van der Waals surface area contributed by atoms with E-state index in [1.54, 1.807) is 11.8 Å². The molecule has 2 aromatic rings. The first-order valence-corrected chi connectivity index (χ1v) is 9.43. The van der Waals surface area contributed by atoms with Crippen LogP contribution in [0, 0.1) is 0 Å². The van der Waals surface area contributed by atoms with E-state index in [9.17, 15) is 4.79 Å². The van der Waals surface area contributed by atoms with Gasteiger partial charge in [-0.15, -0.1) is 11.8 Å². The van der Waals surface area contributed by atoms with Crippen molar-refractivity contribution < 1.29 is 9.53 Å². The molecule has 0 aliphatic heterocycles. The van der Waals surface area contributed by atoms with Crippen molar-refractivity contribution in [3.8, 4) is 5.75 Å². The van der Waals surface area contributed by atoms with Gasteiger partial charge in [-0.2, -0.15) is 0 Å². The third-order valence-corrected chi connectivity index (χ3v) is 4.78. The van der Waals surface area contributed by atoms with E-state index >= 15 is 0 Å². The highest BCUT2D eigenvalue weighted by atomic mass is 32.2. The summed E-state index contributed by atoms with van der Waals surface area (Å²) in [5, 5.41) is 3.04. The SMILES string of the molecule is CCC(CC)NC(=O)c1ccc(OCCSc2ccccc2)cc1. The molecule has 0 radical (unpaired) electrons. The zero-order chi connectivity index (χ0) is 17.2. The number of amides is 1. The van der Waals surface area contributed by atoms with Gasteiger partial charge in [-0.3, -0.25) is 4.79 Å². The number of hydrogen-bond acceptors (Lipinski definition) is 3. The molecule has 0 fully saturated rings. The van der Waals surface area contributed by atoms with Crippen molar-refractivity contribution >= 4 is 17.7 Å². The molecule has 0 spiro atoms. The predicted molar refractivity (Wildman–Crippen MR) is 101 cm³/mol. The Kier molecular flexibility index (Phi) is 7.69. The van der Waals surface area contributed by atoms with Gasteiger partial charge in [0.1, 0.15) is 5.75 Å². The van der Waals surface area contributed by atoms with Crippen LogP contribution >= 0.6 is 11.8 Å². The molecule has 0 unspecified atom stereocenters. The number of rotatable bonds is 9. The Morgan fingerprint density at radius 1 is 1.04 bits per heavy atom. The normalized spacial score (nSPS) is 10.6. The van der Waals surface area contributed by atoms with Crippen LogP contribution in [0.5, 0.6) is 5.75 Å². The molecule has 3 nitrogen and oxygen atoms in total. The number of carbonyl (C=O) groups excluding carboxylic acids is 1. The lowest BCUT2D eigenvalue weighted by Gasteiger charge is -2.14. The lowest BCUT2D eigenvalue weighted by Crippen LogP contribution is -2.33. The van der Waals surface area contributed by atoms with Crippen molar-refractivity contribution in [1.82, 2.24) is 5.32 Å². The van der Waals surface area contributed by atoms with Gasteiger partial charge in [-0.05, 0) is 49.2 Å². The molecule has 0 saturated carbocycles. The Morgan fingerprint density at radius 3 is 2.33 bits per heavy atom. The summed E-state index contributed by atoms with van der Waals surface area (Å²) in [5.41, 5.74) is 0.674. The summed E-state index contributed by atoms with van der Waals surface area (Å²) >= 11 is 1.77. The fourth-order valence-corrected chi connectivity index (χ4v) is 3.05. The van der Waals surface area contributed by atoms with Gasteiger partial charge in [0.15, 0.2) is 0 Å². The molecule has 0 atom stereocenters. The molecule has 2 aromatic carbocycles. The van der Waals surface area contributed by atoms with Crippen LogP contribution in [-0.2, 0) is 0 Å². The maximum absolute atomic E-state index is 12.1. The highest BCUT2D eigenvalue weighted by Crippen LogP contribution is 2.18. The van der Waals surface area contributed by atoms with E-state index in [1.165, 1.54) is 4.90 Å². The fraction of sp³-hybridized carbons (Fsp3) is 0.350. The Balaban J connectivity index is 1.76. The lowest BCUT2D eigenvalue weighted by atomic mass is 10.1. The highest BCUT2D eigenvalue weighted by molar-refractivity contribution is 7.99. The lowest BCUT2D eigenvalue weighted by molar-refractivity contribution is 0.0935. The largest absolute Gasteiger partial charge is 0.493 e. The van der Waals surface area contributed by atoms with E-state index < -0.39 is 0 Å². The molecule has 1 amide bonds. The minimum atomic E-state index is -0.0186. The van der Waals surface area contributed by atoms with Gasteiger partial charge in [-0.1, -0.05) is 32.0 Å².